The normalized spacial score (nSPS) is 17.2. The zero-order valence-corrected chi connectivity index (χ0v) is 18.3. The summed E-state index contributed by atoms with van der Waals surface area (Å²) >= 11 is 0. The Bertz CT molecular complexity index is 1140. The number of hydrogen-bond donors (Lipinski definition) is 2. The number of guanidine groups is 1. The van der Waals surface area contributed by atoms with Crippen LogP contribution in [0.25, 0.3) is 17.1 Å². The Hall–Kier alpha value is -3.58. The highest BCUT2D eigenvalue weighted by molar-refractivity contribution is 6.15. The summed E-state index contributed by atoms with van der Waals surface area (Å²) in [7, 11) is 0. The monoisotopic (exact) mass is 429 g/mol. The van der Waals surface area contributed by atoms with Crippen molar-refractivity contribution in [2.24, 2.45) is 10.9 Å². The van der Waals surface area contributed by atoms with Crippen molar-refractivity contribution in [1.29, 1.82) is 0 Å². The van der Waals surface area contributed by atoms with Crippen molar-refractivity contribution < 1.29 is 9.53 Å². The third kappa shape index (κ3) is 5.76. The van der Waals surface area contributed by atoms with Crippen molar-refractivity contribution in [1.82, 2.24) is 20.6 Å². The van der Waals surface area contributed by atoms with E-state index < -0.39 is 0 Å². The quantitative estimate of drug-likeness (QED) is 0.534. The lowest BCUT2D eigenvalue weighted by Crippen LogP contribution is -2.29. The van der Waals surface area contributed by atoms with Crippen LogP contribution < -0.4 is 10.6 Å². The molecule has 1 aromatic heterocycles. The van der Waals surface area contributed by atoms with E-state index in [2.05, 4.69) is 34.4 Å². The maximum atomic E-state index is 12.5. The largest absolute Gasteiger partial charge is 0.375 e. The topological polar surface area (TPSA) is 88.5 Å². The van der Waals surface area contributed by atoms with E-state index in [1.807, 2.05) is 48.5 Å². The SMILES string of the molecule is CC(C)CC(COCc1ccccc1)N=C1NC(=O)/C(=C/c2ccc3nccnc3c2)N1. The van der Waals surface area contributed by atoms with Gasteiger partial charge in [0.15, 0.2) is 0 Å². The first-order valence-corrected chi connectivity index (χ1v) is 10.8. The van der Waals surface area contributed by atoms with Crippen LogP contribution in [0.4, 0.5) is 0 Å². The fourth-order valence-electron chi connectivity index (χ4n) is 3.57. The zero-order valence-electron chi connectivity index (χ0n) is 18.3. The van der Waals surface area contributed by atoms with Crippen LogP contribution >= 0.6 is 0 Å². The van der Waals surface area contributed by atoms with E-state index in [0.717, 1.165) is 28.6 Å². The molecule has 2 heterocycles. The summed E-state index contributed by atoms with van der Waals surface area (Å²) in [5.74, 6) is 0.697. The molecule has 4 rings (SSSR count). The average molecular weight is 430 g/mol. The van der Waals surface area contributed by atoms with E-state index >= 15 is 0 Å². The lowest BCUT2D eigenvalue weighted by atomic mass is 10.1. The number of hydrogen-bond acceptors (Lipinski definition) is 5. The lowest BCUT2D eigenvalue weighted by molar-refractivity contribution is -0.115. The van der Waals surface area contributed by atoms with E-state index in [1.54, 1.807) is 18.5 Å². The number of ether oxygens (including phenoxy) is 1. The number of nitrogens with one attached hydrogen (secondary N) is 2. The summed E-state index contributed by atoms with van der Waals surface area (Å²) in [4.78, 5) is 25.8. The van der Waals surface area contributed by atoms with E-state index in [-0.39, 0.29) is 11.9 Å². The molecule has 0 spiro atoms. The van der Waals surface area contributed by atoms with Crippen molar-refractivity contribution in [3.63, 3.8) is 0 Å². The van der Waals surface area contributed by atoms with Crippen LogP contribution in [0, 0.1) is 5.92 Å². The number of aliphatic imine (C=N–C) groups is 1. The lowest BCUT2D eigenvalue weighted by Gasteiger charge is -2.16. The summed E-state index contributed by atoms with van der Waals surface area (Å²) in [5, 5.41) is 5.93. The molecule has 1 aliphatic rings. The molecule has 0 radical (unpaired) electrons. The number of carbonyl (C=O) groups excluding carboxylic acids is 1. The Morgan fingerprint density at radius 1 is 1.03 bits per heavy atom. The molecule has 2 N–H and O–H groups in total. The highest BCUT2D eigenvalue weighted by Gasteiger charge is 2.23. The van der Waals surface area contributed by atoms with Gasteiger partial charge in [0.2, 0.25) is 5.96 Å². The van der Waals surface area contributed by atoms with Gasteiger partial charge < -0.3 is 10.1 Å². The summed E-state index contributed by atoms with van der Waals surface area (Å²) in [5.41, 5.74) is 4.03. The standard InChI is InChI=1S/C25H27N5O2/c1-17(2)12-20(16-32-15-18-6-4-3-5-7-18)28-25-29-23(24(31)30-25)14-19-8-9-21-22(13-19)27-11-10-26-21/h3-11,13-14,17,20H,12,15-16H2,1-2H3,(H2,28,29,30,31)/b23-14-. The Labute approximate surface area is 187 Å². The first kappa shape index (κ1) is 21.6. The van der Waals surface area contributed by atoms with Crippen LogP contribution in [-0.2, 0) is 16.1 Å². The van der Waals surface area contributed by atoms with Gasteiger partial charge in [0, 0.05) is 12.4 Å². The first-order chi connectivity index (χ1) is 15.6. The predicted octanol–water partition coefficient (Wildman–Crippen LogP) is 3.68. The van der Waals surface area contributed by atoms with Crippen LogP contribution in [0.2, 0.25) is 0 Å². The maximum Gasteiger partial charge on any atom is 0.274 e. The molecule has 1 atom stereocenters. The number of carbonyl (C=O) groups is 1. The average Bonchev–Trinajstić information content (AvgIpc) is 3.12. The third-order valence-corrected chi connectivity index (χ3v) is 5.01. The highest BCUT2D eigenvalue weighted by atomic mass is 16.5. The van der Waals surface area contributed by atoms with Gasteiger partial charge in [-0.05, 0) is 41.7 Å². The van der Waals surface area contributed by atoms with E-state index in [1.165, 1.54) is 0 Å². The summed E-state index contributed by atoms with van der Waals surface area (Å²) < 4.78 is 5.91. The third-order valence-electron chi connectivity index (χ3n) is 5.01. The van der Waals surface area contributed by atoms with E-state index in [9.17, 15) is 4.79 Å². The first-order valence-electron chi connectivity index (χ1n) is 10.8. The molecule has 0 bridgehead atoms. The molecule has 0 aliphatic carbocycles. The molecule has 1 unspecified atom stereocenters. The van der Waals surface area contributed by atoms with Gasteiger partial charge in [-0.3, -0.25) is 20.1 Å². The highest BCUT2D eigenvalue weighted by Crippen LogP contribution is 2.15. The van der Waals surface area contributed by atoms with Gasteiger partial charge >= 0.3 is 0 Å². The maximum absolute atomic E-state index is 12.5. The van der Waals surface area contributed by atoms with Crippen LogP contribution in [0.15, 0.2) is 71.6 Å². The molecular weight excluding hydrogens is 402 g/mol. The fourth-order valence-corrected chi connectivity index (χ4v) is 3.57. The van der Waals surface area contributed by atoms with Crippen LogP contribution in [0.1, 0.15) is 31.4 Å². The van der Waals surface area contributed by atoms with Crippen LogP contribution in [-0.4, -0.2) is 34.5 Å². The molecule has 32 heavy (non-hydrogen) atoms. The van der Waals surface area contributed by atoms with Crippen LogP contribution in [0.3, 0.4) is 0 Å². The Balaban J connectivity index is 1.44. The molecule has 1 amide bonds. The van der Waals surface area contributed by atoms with Crippen LogP contribution in [0.5, 0.6) is 0 Å². The van der Waals surface area contributed by atoms with Crippen molar-refractivity contribution in [3.8, 4) is 0 Å². The van der Waals surface area contributed by atoms with Crippen molar-refractivity contribution in [3.05, 3.63) is 77.7 Å². The Kier molecular flexibility index (Phi) is 6.87. The van der Waals surface area contributed by atoms with Gasteiger partial charge in [0.05, 0.1) is 30.3 Å². The molecule has 1 saturated heterocycles. The Morgan fingerprint density at radius 3 is 2.59 bits per heavy atom. The molecule has 0 saturated carbocycles. The summed E-state index contributed by atoms with van der Waals surface area (Å²) in [6, 6.07) is 15.7. The van der Waals surface area contributed by atoms with E-state index in [4.69, 9.17) is 9.73 Å². The van der Waals surface area contributed by atoms with Crippen molar-refractivity contribution in [2.75, 3.05) is 6.61 Å². The molecule has 1 fully saturated rings. The number of aromatic nitrogens is 2. The second-order valence-electron chi connectivity index (χ2n) is 8.20. The summed E-state index contributed by atoms with van der Waals surface area (Å²) in [6.07, 6.45) is 5.96. The molecule has 2 aromatic carbocycles. The minimum Gasteiger partial charge on any atom is -0.375 e. The minimum atomic E-state index is -0.212. The molecule has 1 aliphatic heterocycles. The molecular formula is C25H27N5O2. The number of nitrogens with zero attached hydrogens (tertiary/aromatic N) is 3. The van der Waals surface area contributed by atoms with Gasteiger partial charge in [-0.25, -0.2) is 4.99 Å². The number of fused-ring (bicyclic) bond motifs is 1. The fraction of sp³-hybridized carbons (Fsp3) is 0.280. The van der Waals surface area contributed by atoms with Gasteiger partial charge in [0.25, 0.3) is 5.91 Å². The summed E-state index contributed by atoms with van der Waals surface area (Å²) in [6.45, 7) is 5.32. The second kappa shape index (κ2) is 10.2. The smallest absolute Gasteiger partial charge is 0.274 e. The van der Waals surface area contributed by atoms with Gasteiger partial charge in [0.1, 0.15) is 5.70 Å². The number of rotatable bonds is 8. The predicted molar refractivity (Wildman–Crippen MR) is 126 cm³/mol. The van der Waals surface area contributed by atoms with E-state index in [0.29, 0.717) is 30.8 Å². The van der Waals surface area contributed by atoms with Gasteiger partial charge in [-0.2, -0.15) is 0 Å². The molecule has 7 nitrogen and oxygen atoms in total. The minimum absolute atomic E-state index is 0.0585. The van der Waals surface area contributed by atoms with Crippen molar-refractivity contribution in [2.45, 2.75) is 32.9 Å². The van der Waals surface area contributed by atoms with Crippen molar-refractivity contribution >= 4 is 29.0 Å². The van der Waals surface area contributed by atoms with Gasteiger partial charge in [-0.1, -0.05) is 50.2 Å². The number of amides is 1. The molecule has 3 aromatic rings. The number of benzene rings is 2. The second-order valence-corrected chi connectivity index (χ2v) is 8.20. The van der Waals surface area contributed by atoms with Gasteiger partial charge in [-0.15, -0.1) is 0 Å². The molecule has 7 heteroatoms. The molecule has 164 valence electrons. The Morgan fingerprint density at radius 2 is 1.81 bits per heavy atom. The zero-order chi connectivity index (χ0) is 22.3.